The Kier molecular flexibility index (Phi) is 6.95. The number of ether oxygens (including phenoxy) is 1. The molecule has 32 heavy (non-hydrogen) atoms. The van der Waals surface area contributed by atoms with Crippen molar-refractivity contribution in [3.8, 4) is 5.75 Å². The monoisotopic (exact) mass is 470 g/mol. The number of nitrogens with one attached hydrogen (secondary N) is 2. The molecule has 0 bridgehead atoms. The molecular formula is C21H18ClF3N2O5. The Morgan fingerprint density at radius 1 is 1.16 bits per heavy atom. The third-order valence-corrected chi connectivity index (χ3v) is 5.13. The number of aliphatic carboxylic acids is 2. The summed E-state index contributed by atoms with van der Waals surface area (Å²) in [6.07, 6.45) is -4.30. The fourth-order valence-electron chi connectivity index (χ4n) is 3.28. The summed E-state index contributed by atoms with van der Waals surface area (Å²) in [6.45, 7) is 1.03. The third kappa shape index (κ3) is 5.32. The van der Waals surface area contributed by atoms with Crippen LogP contribution in [0.25, 0.3) is 10.9 Å². The highest BCUT2D eigenvalue weighted by Gasteiger charge is 2.38. The topological polar surface area (TPSA) is 112 Å². The van der Waals surface area contributed by atoms with Crippen molar-refractivity contribution in [3.63, 3.8) is 0 Å². The maximum Gasteiger partial charge on any atom is 0.490 e. The molecule has 4 N–H and O–H groups in total. The van der Waals surface area contributed by atoms with Gasteiger partial charge in [0.1, 0.15) is 18.4 Å². The molecule has 1 aromatic heterocycles. The molecule has 0 spiro atoms. The number of carbonyl (C=O) groups is 2. The normalized spacial score (nSPS) is 15.4. The Hall–Kier alpha value is -3.24. The summed E-state index contributed by atoms with van der Waals surface area (Å²) in [4.78, 5) is 23.6. The summed E-state index contributed by atoms with van der Waals surface area (Å²) in [5.74, 6) is -2.89. The van der Waals surface area contributed by atoms with Crippen LogP contribution in [0.2, 0.25) is 5.02 Å². The van der Waals surface area contributed by atoms with E-state index in [2.05, 4.69) is 10.3 Å². The number of rotatable bonds is 4. The van der Waals surface area contributed by atoms with Gasteiger partial charge in [0.2, 0.25) is 0 Å². The summed E-state index contributed by atoms with van der Waals surface area (Å²) < 4.78 is 37.6. The molecule has 0 radical (unpaired) electrons. The van der Waals surface area contributed by atoms with Crippen LogP contribution in [0.1, 0.15) is 22.9 Å². The Labute approximate surface area is 184 Å². The van der Waals surface area contributed by atoms with Crippen LogP contribution in [0.3, 0.4) is 0 Å². The SMILES string of the molecule is O=C(O)C(F)(F)F.O=C(O)C1NCCc2c1[nH]c1ccc(OCc3ccccc3Cl)cc21. The zero-order chi connectivity index (χ0) is 23.5. The van der Waals surface area contributed by atoms with E-state index in [0.717, 1.165) is 39.9 Å². The molecule has 0 saturated carbocycles. The number of carboxylic acids is 2. The zero-order valence-electron chi connectivity index (χ0n) is 16.4. The number of fused-ring (bicyclic) bond motifs is 3. The van der Waals surface area contributed by atoms with Gasteiger partial charge >= 0.3 is 18.1 Å². The first-order valence-corrected chi connectivity index (χ1v) is 9.72. The number of hydrogen-bond donors (Lipinski definition) is 4. The van der Waals surface area contributed by atoms with Gasteiger partial charge in [-0.25, -0.2) is 4.79 Å². The fourth-order valence-corrected chi connectivity index (χ4v) is 3.47. The van der Waals surface area contributed by atoms with Crippen molar-refractivity contribution in [3.05, 3.63) is 64.3 Å². The van der Waals surface area contributed by atoms with E-state index >= 15 is 0 Å². The number of benzene rings is 2. The molecule has 3 aromatic rings. The molecule has 1 aliphatic heterocycles. The van der Waals surface area contributed by atoms with E-state index in [0.29, 0.717) is 18.2 Å². The number of hydrogen-bond acceptors (Lipinski definition) is 4. The van der Waals surface area contributed by atoms with E-state index < -0.39 is 24.2 Å². The Bertz CT molecular complexity index is 1150. The average Bonchev–Trinajstić information content (AvgIpc) is 3.11. The van der Waals surface area contributed by atoms with E-state index in [1.54, 1.807) is 0 Å². The second-order valence-electron chi connectivity index (χ2n) is 6.88. The van der Waals surface area contributed by atoms with Gasteiger partial charge in [0.15, 0.2) is 0 Å². The van der Waals surface area contributed by atoms with Crippen LogP contribution in [-0.4, -0.2) is 39.9 Å². The van der Waals surface area contributed by atoms with Crippen LogP contribution in [0.15, 0.2) is 42.5 Å². The molecule has 2 aromatic carbocycles. The standard InChI is InChI=1S/C19H17ClN2O3.C2HF3O2/c20-15-4-2-1-3-11(15)10-25-12-5-6-16-14(9-12)13-7-8-21-18(19(23)24)17(13)22-16;3-2(4,5)1(6)7/h1-6,9,18,21-22H,7-8,10H2,(H,23,24);(H,6,7). The van der Waals surface area contributed by atoms with Gasteiger partial charge in [-0.1, -0.05) is 29.8 Å². The van der Waals surface area contributed by atoms with Gasteiger partial charge < -0.3 is 19.9 Å². The van der Waals surface area contributed by atoms with Crippen LogP contribution in [-0.2, 0) is 22.6 Å². The number of aromatic amines is 1. The fraction of sp³-hybridized carbons (Fsp3) is 0.238. The zero-order valence-corrected chi connectivity index (χ0v) is 17.1. The maximum absolute atomic E-state index is 11.4. The van der Waals surface area contributed by atoms with Gasteiger partial charge in [-0.2, -0.15) is 13.2 Å². The van der Waals surface area contributed by atoms with Gasteiger partial charge in [0.25, 0.3) is 0 Å². The first-order chi connectivity index (χ1) is 15.1. The molecule has 0 amide bonds. The Morgan fingerprint density at radius 3 is 2.47 bits per heavy atom. The van der Waals surface area contributed by atoms with E-state index in [1.807, 2.05) is 42.5 Å². The second-order valence-corrected chi connectivity index (χ2v) is 7.29. The highest BCUT2D eigenvalue weighted by Crippen LogP contribution is 2.32. The van der Waals surface area contributed by atoms with Crippen molar-refractivity contribution in [1.29, 1.82) is 0 Å². The van der Waals surface area contributed by atoms with Crippen LogP contribution in [0, 0.1) is 0 Å². The van der Waals surface area contributed by atoms with Crippen molar-refractivity contribution in [1.82, 2.24) is 10.3 Å². The minimum atomic E-state index is -5.08. The van der Waals surface area contributed by atoms with Gasteiger partial charge in [-0.3, -0.25) is 10.1 Å². The number of carboxylic acid groups (broad SMARTS) is 2. The third-order valence-electron chi connectivity index (χ3n) is 4.76. The summed E-state index contributed by atoms with van der Waals surface area (Å²) in [5, 5.41) is 21.2. The van der Waals surface area contributed by atoms with Crippen molar-refractivity contribution in [2.45, 2.75) is 25.2 Å². The van der Waals surface area contributed by atoms with E-state index in [9.17, 15) is 23.1 Å². The second kappa shape index (κ2) is 9.49. The van der Waals surface area contributed by atoms with E-state index in [4.69, 9.17) is 26.2 Å². The molecule has 1 aliphatic rings. The smallest absolute Gasteiger partial charge is 0.489 e. The summed E-state index contributed by atoms with van der Waals surface area (Å²) >= 11 is 6.16. The summed E-state index contributed by atoms with van der Waals surface area (Å²) in [5.41, 5.74) is 3.63. The predicted molar refractivity (Wildman–Crippen MR) is 110 cm³/mol. The minimum Gasteiger partial charge on any atom is -0.489 e. The first kappa shape index (κ1) is 23.4. The van der Waals surface area contributed by atoms with E-state index in [-0.39, 0.29) is 0 Å². The number of aromatic nitrogens is 1. The maximum atomic E-state index is 11.4. The molecule has 1 unspecified atom stereocenters. The lowest BCUT2D eigenvalue weighted by atomic mass is 9.99. The lowest BCUT2D eigenvalue weighted by Crippen LogP contribution is -2.34. The van der Waals surface area contributed by atoms with E-state index in [1.165, 1.54) is 0 Å². The lowest BCUT2D eigenvalue weighted by Gasteiger charge is -2.20. The van der Waals surface area contributed by atoms with Crippen molar-refractivity contribution in [2.24, 2.45) is 0 Å². The summed E-state index contributed by atoms with van der Waals surface area (Å²) in [6, 6.07) is 12.7. The molecule has 0 saturated heterocycles. The van der Waals surface area contributed by atoms with Crippen LogP contribution in [0.5, 0.6) is 5.75 Å². The molecule has 0 aliphatic carbocycles. The van der Waals surface area contributed by atoms with Crippen molar-refractivity contribution >= 4 is 34.4 Å². The molecule has 170 valence electrons. The molecule has 7 nitrogen and oxygen atoms in total. The van der Waals surface area contributed by atoms with Crippen LogP contribution < -0.4 is 10.1 Å². The van der Waals surface area contributed by atoms with Gasteiger partial charge in [-0.05, 0) is 36.2 Å². The molecule has 1 atom stereocenters. The molecule has 0 fully saturated rings. The minimum absolute atomic E-state index is 0.386. The lowest BCUT2D eigenvalue weighted by molar-refractivity contribution is -0.192. The van der Waals surface area contributed by atoms with Gasteiger partial charge in [0, 0.05) is 33.7 Å². The number of halogens is 4. The average molecular weight is 471 g/mol. The molecular weight excluding hydrogens is 453 g/mol. The quantitative estimate of drug-likeness (QED) is 0.452. The predicted octanol–water partition coefficient (Wildman–Crippen LogP) is 4.31. The van der Waals surface area contributed by atoms with Crippen molar-refractivity contribution < 1.29 is 37.7 Å². The number of alkyl halides is 3. The Balaban J connectivity index is 0.000000360. The highest BCUT2D eigenvalue weighted by atomic mass is 35.5. The van der Waals surface area contributed by atoms with Crippen LogP contribution in [0.4, 0.5) is 13.2 Å². The molecule has 11 heteroatoms. The van der Waals surface area contributed by atoms with Crippen LogP contribution >= 0.6 is 11.6 Å². The van der Waals surface area contributed by atoms with Gasteiger partial charge in [0.05, 0.1) is 0 Å². The molecule has 4 rings (SSSR count). The van der Waals surface area contributed by atoms with Gasteiger partial charge in [-0.15, -0.1) is 0 Å². The molecule has 2 heterocycles. The first-order valence-electron chi connectivity index (χ1n) is 9.35. The van der Waals surface area contributed by atoms with Crippen molar-refractivity contribution in [2.75, 3.05) is 6.54 Å². The number of H-pyrrole nitrogens is 1. The summed E-state index contributed by atoms with van der Waals surface area (Å²) in [7, 11) is 0. The Morgan fingerprint density at radius 2 is 1.84 bits per heavy atom. The largest absolute Gasteiger partial charge is 0.490 e. The highest BCUT2D eigenvalue weighted by molar-refractivity contribution is 6.31.